The van der Waals surface area contributed by atoms with E-state index in [0.717, 1.165) is 25.1 Å². The SMILES string of the molecule is CC(C)(CCCCCCCCCCCl)NC=O. The van der Waals surface area contributed by atoms with Gasteiger partial charge in [-0.1, -0.05) is 44.9 Å². The second kappa shape index (κ2) is 10.9. The van der Waals surface area contributed by atoms with Gasteiger partial charge in [0.1, 0.15) is 0 Å². The van der Waals surface area contributed by atoms with Gasteiger partial charge in [0, 0.05) is 11.4 Å². The molecule has 1 N–H and O–H groups in total. The van der Waals surface area contributed by atoms with Gasteiger partial charge in [0.05, 0.1) is 0 Å². The van der Waals surface area contributed by atoms with Crippen LogP contribution in [0, 0.1) is 0 Å². The topological polar surface area (TPSA) is 29.1 Å². The predicted octanol–water partition coefficient (Wildman–Crippen LogP) is 4.26. The Morgan fingerprint density at radius 3 is 1.88 bits per heavy atom. The van der Waals surface area contributed by atoms with Crippen LogP contribution in [0.5, 0.6) is 0 Å². The first-order valence-electron chi connectivity index (χ1n) is 6.90. The zero-order chi connectivity index (χ0) is 13.0. The molecule has 0 spiro atoms. The summed E-state index contributed by atoms with van der Waals surface area (Å²) >= 11 is 5.62. The molecule has 0 aromatic carbocycles. The number of nitrogens with one attached hydrogen (secondary N) is 1. The molecular formula is C14H28ClNO. The molecular weight excluding hydrogens is 234 g/mol. The number of hydrogen-bond acceptors (Lipinski definition) is 1. The monoisotopic (exact) mass is 261 g/mol. The fourth-order valence-corrected chi connectivity index (χ4v) is 2.14. The average molecular weight is 262 g/mol. The van der Waals surface area contributed by atoms with Crippen LogP contribution in [0.1, 0.15) is 71.6 Å². The normalized spacial score (nSPS) is 11.5. The van der Waals surface area contributed by atoms with Gasteiger partial charge in [-0.3, -0.25) is 4.79 Å². The molecule has 0 aliphatic carbocycles. The van der Waals surface area contributed by atoms with Crippen LogP contribution in [0.15, 0.2) is 0 Å². The van der Waals surface area contributed by atoms with E-state index in [0.29, 0.717) is 0 Å². The van der Waals surface area contributed by atoms with Crippen LogP contribution in [0.2, 0.25) is 0 Å². The molecule has 3 heteroatoms. The van der Waals surface area contributed by atoms with Crippen LogP contribution < -0.4 is 5.32 Å². The van der Waals surface area contributed by atoms with Crippen LogP contribution in [0.3, 0.4) is 0 Å². The third-order valence-electron chi connectivity index (χ3n) is 3.14. The van der Waals surface area contributed by atoms with Crippen molar-refractivity contribution in [3.8, 4) is 0 Å². The van der Waals surface area contributed by atoms with Crippen molar-refractivity contribution in [1.29, 1.82) is 0 Å². The Kier molecular flexibility index (Phi) is 10.7. The Morgan fingerprint density at radius 1 is 0.941 bits per heavy atom. The van der Waals surface area contributed by atoms with E-state index in [-0.39, 0.29) is 5.54 Å². The molecule has 0 unspecified atom stereocenters. The molecule has 0 radical (unpaired) electrons. The predicted molar refractivity (Wildman–Crippen MR) is 75.6 cm³/mol. The molecule has 0 fully saturated rings. The van der Waals surface area contributed by atoms with E-state index >= 15 is 0 Å². The number of halogens is 1. The Balaban J connectivity index is 3.20. The van der Waals surface area contributed by atoms with Crippen LogP contribution in [-0.4, -0.2) is 17.8 Å². The standard InChI is InChI=1S/C14H28ClNO/c1-14(2,16-13-17)11-9-7-5-3-4-6-8-10-12-15/h13H,3-12H2,1-2H3,(H,16,17). The molecule has 0 aliphatic heterocycles. The summed E-state index contributed by atoms with van der Waals surface area (Å²) in [5, 5.41) is 2.85. The lowest BCUT2D eigenvalue weighted by Gasteiger charge is -2.23. The lowest BCUT2D eigenvalue weighted by molar-refractivity contribution is -0.111. The second-order valence-electron chi connectivity index (χ2n) is 5.41. The summed E-state index contributed by atoms with van der Waals surface area (Å²) in [4.78, 5) is 10.4. The number of unbranched alkanes of at least 4 members (excludes halogenated alkanes) is 7. The molecule has 0 bridgehead atoms. The van der Waals surface area contributed by atoms with E-state index in [9.17, 15) is 4.79 Å². The van der Waals surface area contributed by atoms with E-state index in [1.54, 1.807) is 0 Å². The third kappa shape index (κ3) is 12.0. The summed E-state index contributed by atoms with van der Waals surface area (Å²) in [6.45, 7) is 4.15. The number of hydrogen-bond donors (Lipinski definition) is 1. The van der Waals surface area contributed by atoms with Crippen molar-refractivity contribution in [1.82, 2.24) is 5.32 Å². The summed E-state index contributed by atoms with van der Waals surface area (Å²) < 4.78 is 0. The minimum Gasteiger partial charge on any atom is -0.354 e. The molecule has 0 rings (SSSR count). The Labute approximate surface area is 111 Å². The third-order valence-corrected chi connectivity index (χ3v) is 3.40. The van der Waals surface area contributed by atoms with E-state index in [1.807, 2.05) is 0 Å². The molecule has 0 heterocycles. The van der Waals surface area contributed by atoms with Gasteiger partial charge in [-0.2, -0.15) is 0 Å². The summed E-state index contributed by atoms with van der Waals surface area (Å²) in [5.74, 6) is 0.804. The van der Waals surface area contributed by atoms with E-state index < -0.39 is 0 Å². The number of rotatable bonds is 12. The molecule has 0 aromatic rings. The number of alkyl halides is 1. The minimum absolute atomic E-state index is 0.0396. The average Bonchev–Trinajstić information content (AvgIpc) is 2.27. The highest BCUT2D eigenvalue weighted by Gasteiger charge is 2.14. The molecule has 0 saturated heterocycles. The van der Waals surface area contributed by atoms with Gasteiger partial charge in [0.25, 0.3) is 0 Å². The lowest BCUT2D eigenvalue weighted by atomic mass is 9.96. The first kappa shape index (κ1) is 16.8. The van der Waals surface area contributed by atoms with Crippen molar-refractivity contribution in [3.05, 3.63) is 0 Å². The highest BCUT2D eigenvalue weighted by Crippen LogP contribution is 2.15. The van der Waals surface area contributed by atoms with Crippen LogP contribution in [-0.2, 0) is 4.79 Å². The van der Waals surface area contributed by atoms with Gasteiger partial charge >= 0.3 is 0 Å². The first-order chi connectivity index (χ1) is 8.12. The molecule has 1 amide bonds. The lowest BCUT2D eigenvalue weighted by Crippen LogP contribution is -2.37. The highest BCUT2D eigenvalue weighted by atomic mass is 35.5. The zero-order valence-corrected chi connectivity index (χ0v) is 12.2. The smallest absolute Gasteiger partial charge is 0.207 e. The summed E-state index contributed by atoms with van der Waals surface area (Å²) in [7, 11) is 0. The molecule has 102 valence electrons. The first-order valence-corrected chi connectivity index (χ1v) is 7.43. The number of amides is 1. The maximum absolute atomic E-state index is 10.4. The summed E-state index contributed by atoms with van der Waals surface area (Å²) in [6.07, 6.45) is 12.1. The van der Waals surface area contributed by atoms with E-state index in [2.05, 4.69) is 19.2 Å². The van der Waals surface area contributed by atoms with Crippen molar-refractivity contribution >= 4 is 18.0 Å². The van der Waals surface area contributed by atoms with Crippen molar-refractivity contribution in [2.45, 2.75) is 77.2 Å². The quantitative estimate of drug-likeness (QED) is 0.317. The highest BCUT2D eigenvalue weighted by molar-refractivity contribution is 6.17. The van der Waals surface area contributed by atoms with E-state index in [1.165, 1.54) is 44.9 Å². The van der Waals surface area contributed by atoms with Crippen molar-refractivity contribution in [3.63, 3.8) is 0 Å². The largest absolute Gasteiger partial charge is 0.354 e. The van der Waals surface area contributed by atoms with Gasteiger partial charge in [-0.15, -0.1) is 11.6 Å². The van der Waals surface area contributed by atoms with Gasteiger partial charge < -0.3 is 5.32 Å². The molecule has 0 aliphatic rings. The maximum atomic E-state index is 10.4. The van der Waals surface area contributed by atoms with Crippen LogP contribution in [0.25, 0.3) is 0 Å². The fraction of sp³-hybridized carbons (Fsp3) is 0.929. The van der Waals surface area contributed by atoms with Crippen molar-refractivity contribution in [2.24, 2.45) is 0 Å². The number of carbonyl (C=O) groups excluding carboxylic acids is 1. The maximum Gasteiger partial charge on any atom is 0.207 e. The summed E-state index contributed by atoms with van der Waals surface area (Å²) in [5.41, 5.74) is -0.0396. The molecule has 17 heavy (non-hydrogen) atoms. The zero-order valence-electron chi connectivity index (χ0n) is 11.4. The Bertz CT molecular complexity index is 183. The van der Waals surface area contributed by atoms with Crippen LogP contribution in [0.4, 0.5) is 0 Å². The second-order valence-corrected chi connectivity index (χ2v) is 5.79. The molecule has 0 atom stereocenters. The van der Waals surface area contributed by atoms with Gasteiger partial charge in [0.15, 0.2) is 0 Å². The van der Waals surface area contributed by atoms with Gasteiger partial charge in [-0.25, -0.2) is 0 Å². The van der Waals surface area contributed by atoms with Crippen molar-refractivity contribution < 1.29 is 4.79 Å². The van der Waals surface area contributed by atoms with E-state index in [4.69, 9.17) is 11.6 Å². The molecule has 0 saturated carbocycles. The molecule has 0 aromatic heterocycles. The van der Waals surface area contributed by atoms with Gasteiger partial charge in [0.2, 0.25) is 6.41 Å². The molecule has 2 nitrogen and oxygen atoms in total. The fourth-order valence-electron chi connectivity index (χ4n) is 1.95. The van der Waals surface area contributed by atoms with Crippen LogP contribution >= 0.6 is 11.6 Å². The Hall–Kier alpha value is -0.240. The van der Waals surface area contributed by atoms with Crippen molar-refractivity contribution in [2.75, 3.05) is 5.88 Å². The Morgan fingerprint density at radius 2 is 1.41 bits per heavy atom. The minimum atomic E-state index is -0.0396. The van der Waals surface area contributed by atoms with Gasteiger partial charge in [-0.05, 0) is 26.7 Å². The summed E-state index contributed by atoms with van der Waals surface area (Å²) in [6, 6.07) is 0. The number of carbonyl (C=O) groups is 1.